The van der Waals surface area contributed by atoms with Crippen molar-refractivity contribution in [2.24, 2.45) is 5.92 Å². The molecule has 1 aliphatic rings. The van der Waals surface area contributed by atoms with Crippen LogP contribution in [0.5, 0.6) is 0 Å². The molecule has 1 saturated heterocycles. The highest BCUT2D eigenvalue weighted by molar-refractivity contribution is 5.85. The molecule has 138 valence electrons. The van der Waals surface area contributed by atoms with Crippen LogP contribution in [0.2, 0.25) is 0 Å². The molecule has 0 bridgehead atoms. The molecule has 1 fully saturated rings. The zero-order valence-corrected chi connectivity index (χ0v) is 16.5. The number of hydrogen-bond donors (Lipinski definition) is 2. The zero-order valence-electron chi connectivity index (χ0n) is 14.9. The Morgan fingerprint density at radius 2 is 1.88 bits per heavy atom. The van der Waals surface area contributed by atoms with E-state index in [1.807, 2.05) is 0 Å². The minimum atomic E-state index is 0. The molecule has 0 aromatic heterocycles. The summed E-state index contributed by atoms with van der Waals surface area (Å²) >= 11 is 0. The highest BCUT2D eigenvalue weighted by atomic mass is 35.5. The standard InChI is InChI=1S/C18H29N3O.2ClH/c1-14(2)21(3)13-16-6-4-5-15(11-16)12-20-18(22)17-7-9-19-10-8-17;;/h4-6,11,14,17,19H,7-10,12-13H2,1-3H3,(H,20,22);2*1H. The maximum Gasteiger partial charge on any atom is 0.223 e. The van der Waals surface area contributed by atoms with E-state index in [4.69, 9.17) is 0 Å². The van der Waals surface area contributed by atoms with Crippen LogP contribution in [0.4, 0.5) is 0 Å². The number of nitrogens with one attached hydrogen (secondary N) is 2. The number of carbonyl (C=O) groups is 1. The van der Waals surface area contributed by atoms with Gasteiger partial charge in [0.2, 0.25) is 5.91 Å². The van der Waals surface area contributed by atoms with Gasteiger partial charge in [0, 0.05) is 25.0 Å². The van der Waals surface area contributed by atoms with Gasteiger partial charge in [-0.1, -0.05) is 24.3 Å². The highest BCUT2D eigenvalue weighted by Crippen LogP contribution is 2.13. The molecule has 0 spiro atoms. The van der Waals surface area contributed by atoms with E-state index in [1.54, 1.807) is 0 Å². The SMILES string of the molecule is CC(C)N(C)Cc1cccc(CNC(=O)C2CCNCC2)c1.Cl.Cl. The maximum absolute atomic E-state index is 12.2. The first-order chi connectivity index (χ1) is 10.6. The molecule has 1 aromatic rings. The Labute approximate surface area is 158 Å². The fraction of sp³-hybridized carbons (Fsp3) is 0.611. The third-order valence-corrected chi connectivity index (χ3v) is 4.48. The average Bonchev–Trinajstić information content (AvgIpc) is 2.53. The summed E-state index contributed by atoms with van der Waals surface area (Å²) in [5.41, 5.74) is 2.47. The molecule has 24 heavy (non-hydrogen) atoms. The highest BCUT2D eigenvalue weighted by Gasteiger charge is 2.20. The van der Waals surface area contributed by atoms with Gasteiger partial charge in [0.05, 0.1) is 0 Å². The molecular weight excluding hydrogens is 345 g/mol. The second-order valence-corrected chi connectivity index (χ2v) is 6.57. The van der Waals surface area contributed by atoms with Gasteiger partial charge >= 0.3 is 0 Å². The molecule has 1 aromatic carbocycles. The van der Waals surface area contributed by atoms with Crippen LogP contribution in [0.3, 0.4) is 0 Å². The van der Waals surface area contributed by atoms with Crippen molar-refractivity contribution in [1.29, 1.82) is 0 Å². The molecule has 2 N–H and O–H groups in total. The molecule has 0 atom stereocenters. The zero-order chi connectivity index (χ0) is 15.9. The van der Waals surface area contributed by atoms with Gasteiger partial charge < -0.3 is 10.6 Å². The van der Waals surface area contributed by atoms with Crippen LogP contribution in [0.15, 0.2) is 24.3 Å². The molecule has 0 saturated carbocycles. The van der Waals surface area contributed by atoms with E-state index in [0.717, 1.165) is 32.5 Å². The predicted molar refractivity (Wildman–Crippen MR) is 105 cm³/mol. The summed E-state index contributed by atoms with van der Waals surface area (Å²) in [7, 11) is 2.14. The van der Waals surface area contributed by atoms with Crippen LogP contribution in [-0.2, 0) is 17.9 Å². The number of hydrogen-bond acceptors (Lipinski definition) is 3. The largest absolute Gasteiger partial charge is 0.352 e. The molecule has 6 heteroatoms. The summed E-state index contributed by atoms with van der Waals surface area (Å²) in [5, 5.41) is 6.39. The summed E-state index contributed by atoms with van der Waals surface area (Å²) in [5.74, 6) is 0.378. The van der Waals surface area contributed by atoms with Crippen LogP contribution < -0.4 is 10.6 Å². The van der Waals surface area contributed by atoms with Crippen molar-refractivity contribution in [3.8, 4) is 0 Å². The van der Waals surface area contributed by atoms with Crippen molar-refractivity contribution in [3.63, 3.8) is 0 Å². The Kier molecular flexibility index (Phi) is 11.3. The smallest absolute Gasteiger partial charge is 0.223 e. The Morgan fingerprint density at radius 1 is 1.25 bits per heavy atom. The minimum Gasteiger partial charge on any atom is -0.352 e. The van der Waals surface area contributed by atoms with Gasteiger partial charge in [0.15, 0.2) is 0 Å². The van der Waals surface area contributed by atoms with Crippen molar-refractivity contribution in [2.75, 3.05) is 20.1 Å². The lowest BCUT2D eigenvalue weighted by molar-refractivity contribution is -0.125. The topological polar surface area (TPSA) is 44.4 Å². The number of rotatable bonds is 6. The van der Waals surface area contributed by atoms with E-state index in [9.17, 15) is 4.79 Å². The first-order valence-corrected chi connectivity index (χ1v) is 8.32. The predicted octanol–water partition coefficient (Wildman–Crippen LogP) is 2.99. The third kappa shape index (κ3) is 7.39. The van der Waals surface area contributed by atoms with Gasteiger partial charge in [0.25, 0.3) is 0 Å². The van der Waals surface area contributed by atoms with Crippen LogP contribution in [-0.4, -0.2) is 37.0 Å². The van der Waals surface area contributed by atoms with Crippen molar-refractivity contribution >= 4 is 30.7 Å². The Hall–Kier alpha value is -0.810. The number of halogens is 2. The monoisotopic (exact) mass is 375 g/mol. The Bertz CT molecular complexity index is 491. The van der Waals surface area contributed by atoms with E-state index in [0.29, 0.717) is 12.6 Å². The second-order valence-electron chi connectivity index (χ2n) is 6.57. The number of piperidine rings is 1. The molecule has 4 nitrogen and oxygen atoms in total. The lowest BCUT2D eigenvalue weighted by Gasteiger charge is -2.22. The molecule has 1 heterocycles. The van der Waals surface area contributed by atoms with Crippen LogP contribution >= 0.6 is 24.8 Å². The normalized spacial score (nSPS) is 14.9. The average molecular weight is 376 g/mol. The Morgan fingerprint density at radius 3 is 2.50 bits per heavy atom. The summed E-state index contributed by atoms with van der Waals surface area (Å²) in [6.45, 7) is 7.87. The van der Waals surface area contributed by atoms with Crippen LogP contribution in [0.25, 0.3) is 0 Å². The van der Waals surface area contributed by atoms with Gasteiger partial charge in [-0.25, -0.2) is 0 Å². The van der Waals surface area contributed by atoms with E-state index in [2.05, 4.69) is 60.7 Å². The van der Waals surface area contributed by atoms with Crippen LogP contribution in [0, 0.1) is 5.92 Å². The van der Waals surface area contributed by atoms with Gasteiger partial charge in [-0.05, 0) is 58.0 Å². The summed E-state index contributed by atoms with van der Waals surface area (Å²) in [6.07, 6.45) is 1.90. The molecule has 1 aliphatic heterocycles. The van der Waals surface area contributed by atoms with Gasteiger partial charge in [0.1, 0.15) is 0 Å². The minimum absolute atomic E-state index is 0. The van der Waals surface area contributed by atoms with Gasteiger partial charge in [-0.2, -0.15) is 0 Å². The lowest BCUT2D eigenvalue weighted by Crippen LogP contribution is -2.37. The molecule has 2 rings (SSSR count). The van der Waals surface area contributed by atoms with E-state index >= 15 is 0 Å². The number of amides is 1. The van der Waals surface area contributed by atoms with Gasteiger partial charge in [-0.15, -0.1) is 24.8 Å². The van der Waals surface area contributed by atoms with Crippen molar-refractivity contribution in [3.05, 3.63) is 35.4 Å². The quantitative estimate of drug-likeness (QED) is 0.802. The molecule has 0 aliphatic carbocycles. The molecular formula is C18H31Cl2N3O. The lowest BCUT2D eigenvalue weighted by atomic mass is 9.97. The first kappa shape index (κ1) is 23.2. The molecule has 1 amide bonds. The van der Waals surface area contributed by atoms with Crippen molar-refractivity contribution in [1.82, 2.24) is 15.5 Å². The maximum atomic E-state index is 12.2. The molecule has 0 unspecified atom stereocenters. The Balaban J connectivity index is 0.00000264. The molecule has 0 radical (unpaired) electrons. The van der Waals surface area contributed by atoms with E-state index < -0.39 is 0 Å². The second kappa shape index (κ2) is 11.7. The first-order valence-electron chi connectivity index (χ1n) is 8.32. The number of benzene rings is 1. The van der Waals surface area contributed by atoms with Crippen molar-refractivity contribution in [2.45, 2.75) is 45.8 Å². The van der Waals surface area contributed by atoms with E-state index in [1.165, 1.54) is 11.1 Å². The fourth-order valence-corrected chi connectivity index (χ4v) is 2.73. The van der Waals surface area contributed by atoms with Gasteiger partial charge in [-0.3, -0.25) is 9.69 Å². The van der Waals surface area contributed by atoms with E-state index in [-0.39, 0.29) is 36.6 Å². The number of carbonyl (C=O) groups excluding carboxylic acids is 1. The fourth-order valence-electron chi connectivity index (χ4n) is 2.73. The summed E-state index contributed by atoms with van der Waals surface area (Å²) in [6, 6.07) is 9.04. The van der Waals surface area contributed by atoms with Crippen LogP contribution in [0.1, 0.15) is 37.8 Å². The summed E-state index contributed by atoms with van der Waals surface area (Å²) in [4.78, 5) is 14.5. The van der Waals surface area contributed by atoms with Crippen molar-refractivity contribution < 1.29 is 4.79 Å². The summed E-state index contributed by atoms with van der Waals surface area (Å²) < 4.78 is 0. The number of nitrogens with zero attached hydrogens (tertiary/aromatic N) is 1. The third-order valence-electron chi connectivity index (χ3n) is 4.48.